The molecule has 0 aliphatic carbocycles. The van der Waals surface area contributed by atoms with Gasteiger partial charge in [-0.2, -0.15) is 0 Å². The Morgan fingerprint density at radius 1 is 0.479 bits per heavy atom. The van der Waals surface area contributed by atoms with Crippen molar-refractivity contribution in [3.05, 3.63) is 72.9 Å². The predicted octanol–water partition coefficient (Wildman–Crippen LogP) is 17.8. The van der Waals surface area contributed by atoms with Gasteiger partial charge in [-0.3, -0.25) is 14.2 Å². The van der Waals surface area contributed by atoms with E-state index in [9.17, 15) is 19.0 Å². The number of amides is 1. The third kappa shape index (κ3) is 54.1. The summed E-state index contributed by atoms with van der Waals surface area (Å²) in [5, 5.41) is 2.98. The van der Waals surface area contributed by atoms with Crippen LogP contribution < -0.4 is 10.2 Å². The number of carbonyl (C=O) groups excluding carboxylic acids is 2. The van der Waals surface area contributed by atoms with Gasteiger partial charge in [0, 0.05) is 12.8 Å². The van der Waals surface area contributed by atoms with Crippen LogP contribution in [0.5, 0.6) is 0 Å². The number of unbranched alkanes of at least 4 members (excludes halogenated alkanes) is 28. The highest BCUT2D eigenvalue weighted by Gasteiger charge is 2.27. The SMILES string of the molecule is CCCCC/C=C\C/C=C\C/C=C\CCCCCCCCCCC(=O)OC(/C=C\CCCCCCCCCCCCC)C(COP(=O)([O-])OCC[N+](C)(C)C)NC(=O)CC/C=C/C/C=C\CCCCCCCC. The molecule has 0 rings (SSSR count). The van der Waals surface area contributed by atoms with Gasteiger partial charge in [0.15, 0.2) is 0 Å². The zero-order chi connectivity index (χ0) is 53.6. The van der Waals surface area contributed by atoms with Crippen molar-refractivity contribution in [2.45, 2.75) is 277 Å². The number of hydrogen-bond acceptors (Lipinski definition) is 7. The Morgan fingerprint density at radius 3 is 1.30 bits per heavy atom. The van der Waals surface area contributed by atoms with Crippen LogP contribution in [0.25, 0.3) is 0 Å². The van der Waals surface area contributed by atoms with Crippen molar-refractivity contribution in [1.29, 1.82) is 0 Å². The number of rotatable bonds is 54. The van der Waals surface area contributed by atoms with E-state index in [-0.39, 0.29) is 31.3 Å². The van der Waals surface area contributed by atoms with Gasteiger partial charge in [0.05, 0.1) is 33.8 Å². The summed E-state index contributed by atoms with van der Waals surface area (Å²) in [6.07, 6.45) is 67.4. The number of quaternary nitrogens is 1. The van der Waals surface area contributed by atoms with E-state index in [2.05, 4.69) is 80.8 Å². The van der Waals surface area contributed by atoms with Gasteiger partial charge in [-0.25, -0.2) is 0 Å². The quantitative estimate of drug-likeness (QED) is 0.0212. The number of nitrogens with zero attached hydrogens (tertiary/aromatic N) is 1. The topological polar surface area (TPSA) is 114 Å². The number of esters is 1. The monoisotopic (exact) mass is 1040 g/mol. The average molecular weight is 1040 g/mol. The third-order valence-corrected chi connectivity index (χ3v) is 14.1. The lowest BCUT2D eigenvalue weighted by atomic mass is 10.0. The zero-order valence-corrected chi connectivity index (χ0v) is 49.2. The number of phosphoric ester groups is 1. The number of phosphoric acid groups is 1. The minimum Gasteiger partial charge on any atom is -0.756 e. The highest BCUT2D eigenvalue weighted by Crippen LogP contribution is 2.38. The summed E-state index contributed by atoms with van der Waals surface area (Å²) in [6, 6.07) is -0.923. The van der Waals surface area contributed by atoms with Crippen LogP contribution in [-0.4, -0.2) is 69.4 Å². The Hall–Kier alpha value is -2.55. The van der Waals surface area contributed by atoms with E-state index in [0.29, 0.717) is 23.9 Å². The van der Waals surface area contributed by atoms with Crippen LogP contribution in [0, 0.1) is 0 Å². The number of hydrogen-bond donors (Lipinski definition) is 1. The Labute approximate surface area is 451 Å². The van der Waals surface area contributed by atoms with Crippen molar-refractivity contribution < 1.29 is 37.3 Å². The molecule has 10 heteroatoms. The summed E-state index contributed by atoms with van der Waals surface area (Å²) in [4.78, 5) is 39.9. The van der Waals surface area contributed by atoms with Crippen LogP contribution in [0.2, 0.25) is 0 Å². The summed E-state index contributed by atoms with van der Waals surface area (Å²) in [6.45, 7) is 6.76. The first kappa shape index (κ1) is 70.5. The van der Waals surface area contributed by atoms with Gasteiger partial charge in [-0.1, -0.05) is 235 Å². The lowest BCUT2D eigenvalue weighted by Gasteiger charge is -2.30. The molecular formula is C63H115N2O7P. The molecule has 0 aromatic carbocycles. The van der Waals surface area contributed by atoms with E-state index < -0.39 is 26.6 Å². The van der Waals surface area contributed by atoms with Crippen LogP contribution >= 0.6 is 7.82 Å². The Kier molecular flexibility index (Phi) is 51.0. The molecule has 0 radical (unpaired) electrons. The number of allylic oxidation sites excluding steroid dienone is 11. The molecule has 0 saturated carbocycles. The van der Waals surface area contributed by atoms with Gasteiger partial charge >= 0.3 is 5.97 Å². The molecule has 0 heterocycles. The van der Waals surface area contributed by atoms with Crippen LogP contribution in [0.3, 0.4) is 0 Å². The summed E-state index contributed by atoms with van der Waals surface area (Å²) >= 11 is 0. The third-order valence-electron chi connectivity index (χ3n) is 13.1. The van der Waals surface area contributed by atoms with Crippen molar-refractivity contribution in [2.24, 2.45) is 0 Å². The van der Waals surface area contributed by atoms with Crippen molar-refractivity contribution in [1.82, 2.24) is 5.32 Å². The van der Waals surface area contributed by atoms with E-state index >= 15 is 0 Å². The van der Waals surface area contributed by atoms with Gasteiger partial charge in [-0.15, -0.1) is 0 Å². The summed E-state index contributed by atoms with van der Waals surface area (Å²) in [5.74, 6) is -0.626. The van der Waals surface area contributed by atoms with Crippen molar-refractivity contribution in [2.75, 3.05) is 40.9 Å². The van der Waals surface area contributed by atoms with Gasteiger partial charge in [0.25, 0.3) is 7.82 Å². The van der Waals surface area contributed by atoms with Crippen LogP contribution in [-0.2, 0) is 27.9 Å². The van der Waals surface area contributed by atoms with Crippen LogP contribution in [0.1, 0.15) is 265 Å². The maximum absolute atomic E-state index is 13.4. The lowest BCUT2D eigenvalue weighted by molar-refractivity contribution is -0.870. The number of carbonyl (C=O) groups is 2. The molecule has 0 spiro atoms. The van der Waals surface area contributed by atoms with Crippen molar-refractivity contribution >= 4 is 19.7 Å². The van der Waals surface area contributed by atoms with E-state index in [0.717, 1.165) is 70.6 Å². The van der Waals surface area contributed by atoms with E-state index in [4.69, 9.17) is 13.8 Å². The molecule has 0 bridgehead atoms. The summed E-state index contributed by atoms with van der Waals surface area (Å²) in [5.41, 5.74) is 0. The largest absolute Gasteiger partial charge is 0.756 e. The molecule has 3 atom stereocenters. The smallest absolute Gasteiger partial charge is 0.306 e. The zero-order valence-electron chi connectivity index (χ0n) is 48.3. The highest BCUT2D eigenvalue weighted by atomic mass is 31.2. The Bertz CT molecular complexity index is 1480. The predicted molar refractivity (Wildman–Crippen MR) is 312 cm³/mol. The normalized spacial score (nSPS) is 14.2. The first-order valence-corrected chi connectivity index (χ1v) is 31.7. The number of ether oxygens (including phenoxy) is 1. The van der Waals surface area contributed by atoms with Gasteiger partial charge in [-0.05, 0) is 89.5 Å². The number of likely N-dealkylation sites (N-methyl/N-ethyl adjacent to an activating group) is 1. The second-order valence-corrected chi connectivity index (χ2v) is 22.9. The van der Waals surface area contributed by atoms with Gasteiger partial charge in [0.1, 0.15) is 19.3 Å². The van der Waals surface area contributed by atoms with E-state index in [1.54, 1.807) is 0 Å². The molecule has 3 unspecified atom stereocenters. The minimum absolute atomic E-state index is 0.0347. The molecule has 73 heavy (non-hydrogen) atoms. The molecule has 1 amide bonds. The second kappa shape index (κ2) is 52.9. The highest BCUT2D eigenvalue weighted by molar-refractivity contribution is 7.45. The summed E-state index contributed by atoms with van der Waals surface area (Å²) in [7, 11) is 1.15. The molecule has 1 N–H and O–H groups in total. The molecular weight excluding hydrogens is 928 g/mol. The summed E-state index contributed by atoms with van der Waals surface area (Å²) < 4.78 is 30.2. The fourth-order valence-electron chi connectivity index (χ4n) is 8.40. The second-order valence-electron chi connectivity index (χ2n) is 21.5. The molecule has 0 aliphatic rings. The first-order valence-electron chi connectivity index (χ1n) is 30.2. The fraction of sp³-hybridized carbons (Fsp3) is 0.778. The maximum atomic E-state index is 13.4. The van der Waals surface area contributed by atoms with Gasteiger partial charge in [0.2, 0.25) is 5.91 Å². The van der Waals surface area contributed by atoms with Crippen LogP contribution in [0.15, 0.2) is 72.9 Å². The molecule has 0 aromatic rings. The molecule has 0 fully saturated rings. The minimum atomic E-state index is -4.71. The Balaban J connectivity index is 5.34. The van der Waals surface area contributed by atoms with Gasteiger partial charge < -0.3 is 28.5 Å². The van der Waals surface area contributed by atoms with E-state index in [1.807, 2.05) is 39.4 Å². The molecule has 0 saturated heterocycles. The van der Waals surface area contributed by atoms with Crippen LogP contribution in [0.4, 0.5) is 0 Å². The first-order chi connectivity index (χ1) is 35.4. The number of nitrogens with one attached hydrogen (secondary N) is 1. The van der Waals surface area contributed by atoms with E-state index in [1.165, 1.54) is 148 Å². The fourth-order valence-corrected chi connectivity index (χ4v) is 9.12. The Morgan fingerprint density at radius 2 is 0.849 bits per heavy atom. The molecule has 424 valence electrons. The molecule has 9 nitrogen and oxygen atoms in total. The average Bonchev–Trinajstić information content (AvgIpc) is 3.35. The standard InChI is InChI=1S/C63H115N2O7P/c1-7-10-13-16-19-22-25-28-29-30-31-32-33-34-35-38-41-44-47-50-53-56-63(67)72-61(54-51-48-45-42-39-36-26-23-20-17-14-11-8-2)60(59-71-73(68,69)70-58-57-65(4,5)6)64-62(66)55-52-49-46-43-40-37-27-24-21-18-15-12-9-3/h19,22,28-29,31-32,37,40,46,49,51,54,60-61H,7-18,20-21,23-27,30,33-36,38-39,41-45,47-48,50,52-53,55-59H2,1-6H3,(H-,64,66,68,69)/b22-19-,29-28-,32-31-,40-37-,49-46+,54-51-. The lowest BCUT2D eigenvalue weighted by Crippen LogP contribution is -2.47. The molecule has 0 aromatic heterocycles. The van der Waals surface area contributed by atoms with Crippen molar-refractivity contribution in [3.63, 3.8) is 0 Å². The van der Waals surface area contributed by atoms with Crippen molar-refractivity contribution in [3.8, 4) is 0 Å². The maximum Gasteiger partial charge on any atom is 0.306 e. The molecule has 0 aliphatic heterocycles.